The van der Waals surface area contributed by atoms with Crippen molar-refractivity contribution in [2.45, 2.75) is 0 Å². The number of benzene rings is 2. The van der Waals surface area contributed by atoms with Gasteiger partial charge in [-0.05, 0) is 48.5 Å². The van der Waals surface area contributed by atoms with Crippen LogP contribution in [0.3, 0.4) is 0 Å². The summed E-state index contributed by atoms with van der Waals surface area (Å²) in [6.45, 7) is 0. The molecule has 13 nitrogen and oxygen atoms in total. The molecule has 0 aromatic heterocycles. The summed E-state index contributed by atoms with van der Waals surface area (Å²) in [5.41, 5.74) is -2.06. The lowest BCUT2D eigenvalue weighted by atomic mass is 10.2. The molecule has 0 heterocycles. The zero-order valence-electron chi connectivity index (χ0n) is 14.8. The van der Waals surface area contributed by atoms with Crippen molar-refractivity contribution in [1.82, 2.24) is 0 Å². The first kappa shape index (κ1) is 23.2. The summed E-state index contributed by atoms with van der Waals surface area (Å²) in [6, 6.07) is 10.2. The summed E-state index contributed by atoms with van der Waals surface area (Å²) in [4.78, 5) is 69.4. The van der Waals surface area contributed by atoms with Gasteiger partial charge in [0, 0.05) is 22.7 Å². The Balaban J connectivity index is 1.91. The van der Waals surface area contributed by atoms with Crippen molar-refractivity contribution in [3.8, 4) is 0 Å². The van der Waals surface area contributed by atoms with Gasteiger partial charge < -0.3 is 40.8 Å². The average molecular weight is 458 g/mol. The molecule has 0 aliphatic rings. The summed E-state index contributed by atoms with van der Waals surface area (Å²) >= 11 is 0. The molecule has 2 rings (SSSR count). The van der Waals surface area contributed by atoms with Crippen molar-refractivity contribution in [2.24, 2.45) is 0 Å². The largest absolute Gasteiger partial charge is 0.413 e. The first-order valence-corrected chi connectivity index (χ1v) is 11.1. The van der Waals surface area contributed by atoms with E-state index in [4.69, 9.17) is 19.6 Å². The maximum absolute atomic E-state index is 12.0. The third-order valence-corrected chi connectivity index (χ3v) is 4.60. The SMILES string of the molecule is O=C(Nc1ccc(NC(=O)P(=O)(O)O)cc1)Nc1ccc(NC(=O)P(=O)(O)O)cc1. The number of hydrogen-bond donors (Lipinski definition) is 8. The summed E-state index contributed by atoms with van der Waals surface area (Å²) in [5, 5.41) is 9.00. The van der Waals surface area contributed by atoms with E-state index < -0.39 is 32.5 Å². The van der Waals surface area contributed by atoms with Crippen LogP contribution in [0.2, 0.25) is 0 Å². The molecule has 0 aliphatic carbocycles. The van der Waals surface area contributed by atoms with E-state index >= 15 is 0 Å². The Morgan fingerprint density at radius 1 is 0.533 bits per heavy atom. The Hall–Kier alpha value is -3.05. The maximum Gasteiger partial charge on any atom is 0.413 e. The molecule has 15 heteroatoms. The van der Waals surface area contributed by atoms with Gasteiger partial charge in [-0.15, -0.1) is 0 Å². The summed E-state index contributed by atoms with van der Waals surface area (Å²) in [7, 11) is -9.81. The lowest BCUT2D eigenvalue weighted by molar-refractivity contribution is 0.258. The van der Waals surface area contributed by atoms with E-state index in [9.17, 15) is 23.5 Å². The molecular weight excluding hydrogens is 442 g/mol. The van der Waals surface area contributed by atoms with Crippen molar-refractivity contribution in [1.29, 1.82) is 0 Å². The van der Waals surface area contributed by atoms with Gasteiger partial charge in [0.05, 0.1) is 0 Å². The van der Waals surface area contributed by atoms with Crippen LogP contribution in [0.4, 0.5) is 37.1 Å². The molecule has 0 radical (unpaired) electrons. The minimum Gasteiger partial charge on any atom is -0.318 e. The average Bonchev–Trinajstić information content (AvgIpc) is 2.63. The van der Waals surface area contributed by atoms with Crippen molar-refractivity contribution >= 4 is 55.3 Å². The van der Waals surface area contributed by atoms with Crippen LogP contribution in [0.1, 0.15) is 0 Å². The molecule has 2 aromatic rings. The predicted molar refractivity (Wildman–Crippen MR) is 108 cm³/mol. The van der Waals surface area contributed by atoms with E-state index in [1.165, 1.54) is 48.5 Å². The monoisotopic (exact) mass is 458 g/mol. The van der Waals surface area contributed by atoms with Crippen molar-refractivity contribution in [2.75, 3.05) is 21.3 Å². The Labute approximate surface area is 168 Å². The molecule has 0 saturated heterocycles. The number of amides is 4. The number of anilines is 4. The molecule has 0 bridgehead atoms. The highest BCUT2D eigenvalue weighted by Crippen LogP contribution is 2.37. The van der Waals surface area contributed by atoms with Crippen LogP contribution >= 0.6 is 15.2 Å². The van der Waals surface area contributed by atoms with Crippen LogP contribution in [0.5, 0.6) is 0 Å². The fourth-order valence-electron chi connectivity index (χ4n) is 1.96. The number of carbonyl (C=O) groups is 3. The lowest BCUT2D eigenvalue weighted by Gasteiger charge is -2.10. The summed E-state index contributed by atoms with van der Waals surface area (Å²) in [6.07, 6.45) is 0. The summed E-state index contributed by atoms with van der Waals surface area (Å²) in [5.74, 6) is 0. The van der Waals surface area contributed by atoms with Gasteiger partial charge in [0.1, 0.15) is 0 Å². The molecule has 0 atom stereocenters. The second-order valence-electron chi connectivity index (χ2n) is 5.68. The van der Waals surface area contributed by atoms with E-state index in [0.717, 1.165) is 0 Å². The normalized spacial score (nSPS) is 11.3. The van der Waals surface area contributed by atoms with Gasteiger partial charge in [-0.2, -0.15) is 0 Å². The molecule has 0 fully saturated rings. The number of rotatable bonds is 6. The van der Waals surface area contributed by atoms with Crippen LogP contribution in [0.15, 0.2) is 48.5 Å². The minimum atomic E-state index is -4.91. The highest BCUT2D eigenvalue weighted by Gasteiger charge is 2.26. The fourth-order valence-corrected chi connectivity index (χ4v) is 2.51. The second kappa shape index (κ2) is 9.18. The molecule has 4 amide bonds. The number of urea groups is 1. The third-order valence-electron chi connectivity index (χ3n) is 3.32. The number of nitrogens with one attached hydrogen (secondary N) is 4. The van der Waals surface area contributed by atoms with E-state index in [2.05, 4.69) is 10.6 Å². The van der Waals surface area contributed by atoms with Crippen LogP contribution in [0.25, 0.3) is 0 Å². The van der Waals surface area contributed by atoms with E-state index in [1.54, 1.807) is 0 Å². The quantitative estimate of drug-likeness (QED) is 0.298. The highest BCUT2D eigenvalue weighted by atomic mass is 31.2. The molecule has 0 aliphatic heterocycles. The number of hydrogen-bond acceptors (Lipinski definition) is 5. The van der Waals surface area contributed by atoms with Gasteiger partial charge in [0.2, 0.25) is 0 Å². The van der Waals surface area contributed by atoms with Crippen LogP contribution in [-0.4, -0.2) is 36.9 Å². The van der Waals surface area contributed by atoms with Gasteiger partial charge in [-0.3, -0.25) is 9.59 Å². The highest BCUT2D eigenvalue weighted by molar-refractivity contribution is 7.70. The maximum atomic E-state index is 12.0. The molecule has 8 N–H and O–H groups in total. The molecule has 2 aromatic carbocycles. The molecule has 0 unspecified atom stereocenters. The second-order valence-corrected chi connectivity index (χ2v) is 8.67. The van der Waals surface area contributed by atoms with Gasteiger partial charge in [-0.25, -0.2) is 13.9 Å². The molecule has 30 heavy (non-hydrogen) atoms. The van der Waals surface area contributed by atoms with Crippen LogP contribution < -0.4 is 21.3 Å². The number of carbonyl (C=O) groups excluding carboxylic acids is 3. The van der Waals surface area contributed by atoms with Gasteiger partial charge in [0.25, 0.3) is 0 Å². The van der Waals surface area contributed by atoms with Crippen LogP contribution in [-0.2, 0) is 9.13 Å². The molecule has 0 saturated carbocycles. The van der Waals surface area contributed by atoms with Crippen molar-refractivity contribution in [3.05, 3.63) is 48.5 Å². The first-order valence-electron chi connectivity index (χ1n) is 7.87. The van der Waals surface area contributed by atoms with Gasteiger partial charge in [0.15, 0.2) is 0 Å². The zero-order valence-corrected chi connectivity index (χ0v) is 16.6. The Bertz CT molecular complexity index is 961. The summed E-state index contributed by atoms with van der Waals surface area (Å²) < 4.78 is 21.6. The molecular formula is C15H16N4O9P2. The minimum absolute atomic E-state index is 0.113. The van der Waals surface area contributed by atoms with Crippen molar-refractivity contribution in [3.63, 3.8) is 0 Å². The van der Waals surface area contributed by atoms with Crippen molar-refractivity contribution < 1.29 is 43.1 Å². The smallest absolute Gasteiger partial charge is 0.318 e. The standard InChI is InChI=1S/C15H16N4O9P2/c20-13(16-9-1-5-11(6-2-9)18-14(21)29(23,24)25)17-10-3-7-12(8-4-10)19-15(22)30(26,27)28/h1-8H,(H,18,21)(H,19,22)(H2,16,17,20)(H2,23,24,25)(H2,26,27,28). The first-order chi connectivity index (χ1) is 13.8. The Morgan fingerprint density at radius 3 is 1.00 bits per heavy atom. The topological polar surface area (TPSA) is 214 Å². The van der Waals surface area contributed by atoms with Gasteiger partial charge >= 0.3 is 32.5 Å². The van der Waals surface area contributed by atoms with E-state index in [1.807, 2.05) is 10.6 Å². The van der Waals surface area contributed by atoms with Crippen LogP contribution in [0, 0.1) is 0 Å². The fraction of sp³-hybridized carbons (Fsp3) is 0. The van der Waals surface area contributed by atoms with E-state index in [-0.39, 0.29) is 11.4 Å². The van der Waals surface area contributed by atoms with Gasteiger partial charge in [-0.1, -0.05) is 0 Å². The van der Waals surface area contributed by atoms with E-state index in [0.29, 0.717) is 11.4 Å². The third kappa shape index (κ3) is 7.08. The predicted octanol–water partition coefficient (Wildman–Crippen LogP) is 2.75. The lowest BCUT2D eigenvalue weighted by Crippen LogP contribution is -2.19. The molecule has 0 spiro atoms. The Kier molecular flexibility index (Phi) is 7.11. The Morgan fingerprint density at radius 2 is 0.767 bits per heavy atom. The molecule has 160 valence electrons. The zero-order chi connectivity index (χ0) is 22.5.